The van der Waals surface area contributed by atoms with E-state index in [2.05, 4.69) is 26.2 Å². The molecular weight excluding hydrogens is 526 g/mol. The van der Waals surface area contributed by atoms with Crippen LogP contribution in [0.3, 0.4) is 0 Å². The van der Waals surface area contributed by atoms with Crippen molar-refractivity contribution < 1.29 is 23.8 Å². The first-order valence-electron chi connectivity index (χ1n) is 11.6. The standard InChI is InChI=1S/C27H28BrN3O5/c1-6-21-29-15(2)23(25(32)33)31(21)14-16-11-12-20-18(13-16)22(28)24(35-20)17-9-7-8-10-19(17)30-26(34)36-27(3,4)5/h7-13H,6,14H2,1-5H3,(H,30,34)(H,32,33). The number of nitrogens with one attached hydrogen (secondary N) is 1. The number of benzene rings is 2. The molecular formula is C27H28BrN3O5. The molecule has 9 heteroatoms. The number of rotatable bonds is 6. The van der Waals surface area contributed by atoms with Gasteiger partial charge in [0.05, 0.1) is 15.9 Å². The molecule has 8 nitrogen and oxygen atoms in total. The first-order chi connectivity index (χ1) is 17.0. The number of fused-ring (bicyclic) bond motifs is 1. The third-order valence-corrected chi connectivity index (χ3v) is 6.37. The third kappa shape index (κ3) is 5.16. The minimum Gasteiger partial charge on any atom is -0.477 e. The lowest BCUT2D eigenvalue weighted by atomic mass is 10.1. The SMILES string of the molecule is CCc1nc(C)c(C(=O)O)n1Cc1ccc2oc(-c3ccccc3NC(=O)OC(C)(C)C)c(Br)c2c1. The molecule has 0 atom stereocenters. The van der Waals surface area contributed by atoms with Gasteiger partial charge >= 0.3 is 12.1 Å². The molecule has 0 aliphatic heterocycles. The van der Waals surface area contributed by atoms with E-state index in [-0.39, 0.29) is 5.69 Å². The van der Waals surface area contributed by atoms with Gasteiger partial charge in [0.2, 0.25) is 0 Å². The Morgan fingerprint density at radius 1 is 1.19 bits per heavy atom. The van der Waals surface area contributed by atoms with Crippen molar-refractivity contribution in [1.29, 1.82) is 0 Å². The minimum atomic E-state index is -0.998. The minimum absolute atomic E-state index is 0.195. The number of carboxylic acids is 1. The normalized spacial score (nSPS) is 11.6. The summed E-state index contributed by atoms with van der Waals surface area (Å²) in [6, 6.07) is 13.1. The lowest BCUT2D eigenvalue weighted by Crippen LogP contribution is -2.27. The first-order valence-corrected chi connectivity index (χ1v) is 12.4. The molecule has 2 N–H and O–H groups in total. The molecule has 0 spiro atoms. The summed E-state index contributed by atoms with van der Waals surface area (Å²) in [5, 5.41) is 13.3. The average Bonchev–Trinajstić information content (AvgIpc) is 3.29. The predicted molar refractivity (Wildman–Crippen MR) is 142 cm³/mol. The molecule has 36 heavy (non-hydrogen) atoms. The van der Waals surface area contributed by atoms with Crippen LogP contribution < -0.4 is 5.32 Å². The molecule has 0 aliphatic carbocycles. The molecule has 0 fully saturated rings. The molecule has 188 valence electrons. The van der Waals surface area contributed by atoms with Gasteiger partial charge < -0.3 is 18.8 Å². The zero-order valence-corrected chi connectivity index (χ0v) is 22.4. The smallest absolute Gasteiger partial charge is 0.412 e. The number of carbonyl (C=O) groups is 2. The topological polar surface area (TPSA) is 107 Å². The number of aromatic carboxylic acids is 1. The van der Waals surface area contributed by atoms with Gasteiger partial charge in [-0.2, -0.15) is 0 Å². The van der Waals surface area contributed by atoms with Gasteiger partial charge in [0.25, 0.3) is 0 Å². The number of furan rings is 1. The van der Waals surface area contributed by atoms with Crippen LogP contribution in [0.2, 0.25) is 0 Å². The number of nitrogens with zero attached hydrogens (tertiary/aromatic N) is 2. The number of aryl methyl sites for hydroxylation is 2. The van der Waals surface area contributed by atoms with Gasteiger partial charge in [0.1, 0.15) is 17.0 Å². The molecule has 1 amide bonds. The van der Waals surface area contributed by atoms with Gasteiger partial charge in [-0.25, -0.2) is 14.6 Å². The molecule has 2 aromatic carbocycles. The van der Waals surface area contributed by atoms with Crippen LogP contribution in [0.4, 0.5) is 10.5 Å². The largest absolute Gasteiger partial charge is 0.477 e. The Bertz CT molecular complexity index is 1460. The van der Waals surface area contributed by atoms with Crippen molar-refractivity contribution in [3.63, 3.8) is 0 Å². The van der Waals surface area contributed by atoms with Gasteiger partial charge in [-0.05, 0) is 73.5 Å². The zero-order chi connectivity index (χ0) is 26.2. The average molecular weight is 554 g/mol. The quantitative estimate of drug-likeness (QED) is 0.265. The second kappa shape index (κ2) is 9.81. The first kappa shape index (κ1) is 25.5. The number of aromatic nitrogens is 2. The van der Waals surface area contributed by atoms with E-state index in [9.17, 15) is 14.7 Å². The van der Waals surface area contributed by atoms with E-state index in [1.54, 1.807) is 38.3 Å². The predicted octanol–water partition coefficient (Wildman–Crippen LogP) is 7.02. The fourth-order valence-corrected chi connectivity index (χ4v) is 4.72. The van der Waals surface area contributed by atoms with Crippen molar-refractivity contribution in [3.8, 4) is 11.3 Å². The molecule has 4 rings (SSSR count). The second-order valence-corrected chi connectivity index (χ2v) is 10.2. The van der Waals surface area contributed by atoms with Crippen LogP contribution in [-0.2, 0) is 17.7 Å². The fourth-order valence-electron chi connectivity index (χ4n) is 4.11. The van der Waals surface area contributed by atoms with Crippen LogP contribution in [0.25, 0.3) is 22.3 Å². The van der Waals surface area contributed by atoms with Crippen LogP contribution in [0.15, 0.2) is 51.4 Å². The Morgan fingerprint density at radius 2 is 1.92 bits per heavy atom. The summed E-state index contributed by atoms with van der Waals surface area (Å²) < 4.78 is 14.0. The summed E-state index contributed by atoms with van der Waals surface area (Å²) in [6.07, 6.45) is 0.0678. The van der Waals surface area contributed by atoms with Crippen LogP contribution in [0, 0.1) is 6.92 Å². The molecule has 0 saturated carbocycles. The van der Waals surface area contributed by atoms with Crippen LogP contribution in [0.1, 0.15) is 55.3 Å². The highest BCUT2D eigenvalue weighted by Gasteiger charge is 2.22. The number of halogens is 1. The summed E-state index contributed by atoms with van der Waals surface area (Å²) in [7, 11) is 0. The van der Waals surface area contributed by atoms with E-state index >= 15 is 0 Å². The Labute approximate surface area is 217 Å². The molecule has 0 unspecified atom stereocenters. The monoisotopic (exact) mass is 553 g/mol. The fraction of sp³-hybridized carbons (Fsp3) is 0.296. The van der Waals surface area contributed by atoms with Gasteiger partial charge in [-0.15, -0.1) is 0 Å². The Balaban J connectivity index is 1.71. The van der Waals surface area contributed by atoms with Crippen molar-refractivity contribution >= 4 is 44.6 Å². The number of amides is 1. The molecule has 0 aliphatic rings. The summed E-state index contributed by atoms with van der Waals surface area (Å²) >= 11 is 3.68. The highest BCUT2D eigenvalue weighted by Crippen LogP contribution is 2.41. The van der Waals surface area contributed by atoms with Crippen molar-refractivity contribution in [2.24, 2.45) is 0 Å². The number of ether oxygens (including phenoxy) is 1. The maximum atomic E-state index is 12.4. The number of hydrogen-bond donors (Lipinski definition) is 2. The van der Waals surface area contributed by atoms with Crippen molar-refractivity contribution in [1.82, 2.24) is 9.55 Å². The van der Waals surface area contributed by atoms with Crippen LogP contribution in [0.5, 0.6) is 0 Å². The molecule has 2 heterocycles. The van der Waals surface area contributed by atoms with E-state index in [0.717, 1.165) is 21.2 Å². The van der Waals surface area contributed by atoms with Gasteiger partial charge in [0.15, 0.2) is 11.5 Å². The van der Waals surface area contributed by atoms with E-state index in [4.69, 9.17) is 9.15 Å². The number of carboxylic acid groups (broad SMARTS) is 1. The Kier molecular flexibility index (Phi) is 6.95. The summed E-state index contributed by atoms with van der Waals surface area (Å²) in [4.78, 5) is 28.7. The highest BCUT2D eigenvalue weighted by atomic mass is 79.9. The molecule has 0 radical (unpaired) electrons. The summed E-state index contributed by atoms with van der Waals surface area (Å²) in [5.74, 6) is 0.286. The van der Waals surface area contributed by atoms with Crippen molar-refractivity contribution in [2.75, 3.05) is 5.32 Å². The Hall–Kier alpha value is -3.59. The zero-order valence-electron chi connectivity index (χ0n) is 20.8. The van der Waals surface area contributed by atoms with Gasteiger partial charge in [0, 0.05) is 23.9 Å². The molecule has 0 saturated heterocycles. The van der Waals surface area contributed by atoms with E-state index in [1.807, 2.05) is 43.3 Å². The maximum absolute atomic E-state index is 12.4. The summed E-state index contributed by atoms with van der Waals surface area (Å²) in [6.45, 7) is 9.45. The van der Waals surface area contributed by atoms with E-state index in [0.29, 0.717) is 41.3 Å². The number of anilines is 1. The summed E-state index contributed by atoms with van der Waals surface area (Å²) in [5.41, 5.74) is 2.89. The Morgan fingerprint density at radius 3 is 2.58 bits per heavy atom. The lowest BCUT2D eigenvalue weighted by Gasteiger charge is -2.20. The van der Waals surface area contributed by atoms with Crippen molar-refractivity contribution in [3.05, 3.63) is 69.7 Å². The van der Waals surface area contributed by atoms with Gasteiger partial charge in [-0.1, -0.05) is 25.1 Å². The highest BCUT2D eigenvalue weighted by molar-refractivity contribution is 9.10. The lowest BCUT2D eigenvalue weighted by molar-refractivity contribution is 0.0633. The molecule has 0 bridgehead atoms. The number of carbonyl (C=O) groups excluding carboxylic acids is 1. The molecule has 2 aromatic heterocycles. The van der Waals surface area contributed by atoms with Crippen LogP contribution >= 0.6 is 15.9 Å². The second-order valence-electron chi connectivity index (χ2n) is 9.46. The van der Waals surface area contributed by atoms with Crippen LogP contribution in [-0.4, -0.2) is 32.3 Å². The number of para-hydroxylation sites is 1. The number of hydrogen-bond acceptors (Lipinski definition) is 5. The van der Waals surface area contributed by atoms with E-state index < -0.39 is 17.7 Å². The maximum Gasteiger partial charge on any atom is 0.412 e. The van der Waals surface area contributed by atoms with E-state index in [1.165, 1.54) is 0 Å². The van der Waals surface area contributed by atoms with Crippen molar-refractivity contribution in [2.45, 2.75) is 53.2 Å². The van der Waals surface area contributed by atoms with Gasteiger partial charge in [-0.3, -0.25) is 5.32 Å². The number of imidazole rings is 1. The molecule has 4 aromatic rings. The third-order valence-electron chi connectivity index (χ3n) is 5.58.